The maximum Gasteiger partial charge on any atom is 0.488 e. The molecule has 134 valence electrons. The lowest BCUT2D eigenvalue weighted by atomic mass is 9.77. The van der Waals surface area contributed by atoms with Crippen molar-refractivity contribution in [3.8, 4) is 22.3 Å². The standard InChI is InChI=1S/C24H17BO3/c26-25(27)20-13-18(16-6-2-1-3-7-16)12-19(14-20)17-10-11-22-21-8-4-5-9-23(21)28-24(22)15-17/h1-15,26-27H. The van der Waals surface area contributed by atoms with Gasteiger partial charge in [0, 0.05) is 10.8 Å². The summed E-state index contributed by atoms with van der Waals surface area (Å²) < 4.78 is 6.01. The Balaban J connectivity index is 1.69. The van der Waals surface area contributed by atoms with E-state index in [1.54, 1.807) is 6.07 Å². The fourth-order valence-electron chi connectivity index (χ4n) is 3.67. The molecule has 2 N–H and O–H groups in total. The van der Waals surface area contributed by atoms with Crippen LogP contribution in [-0.2, 0) is 0 Å². The minimum Gasteiger partial charge on any atom is -0.456 e. The number of furan rings is 1. The van der Waals surface area contributed by atoms with E-state index in [-0.39, 0.29) is 0 Å². The molecule has 0 bridgehead atoms. The van der Waals surface area contributed by atoms with Gasteiger partial charge in [0.2, 0.25) is 0 Å². The van der Waals surface area contributed by atoms with Crippen LogP contribution in [-0.4, -0.2) is 17.2 Å². The van der Waals surface area contributed by atoms with Crippen LogP contribution in [0.1, 0.15) is 0 Å². The topological polar surface area (TPSA) is 53.6 Å². The minimum absolute atomic E-state index is 0.459. The van der Waals surface area contributed by atoms with Crippen molar-refractivity contribution in [1.29, 1.82) is 0 Å². The molecule has 4 heteroatoms. The van der Waals surface area contributed by atoms with Crippen LogP contribution < -0.4 is 5.46 Å². The first-order chi connectivity index (χ1) is 13.7. The van der Waals surface area contributed by atoms with E-state index in [4.69, 9.17) is 4.42 Å². The van der Waals surface area contributed by atoms with Gasteiger partial charge in [-0.05, 0) is 52.0 Å². The summed E-state index contributed by atoms with van der Waals surface area (Å²) in [4.78, 5) is 0. The molecule has 0 saturated carbocycles. The lowest BCUT2D eigenvalue weighted by molar-refractivity contribution is 0.426. The van der Waals surface area contributed by atoms with Crippen LogP contribution in [0.15, 0.2) is 95.4 Å². The molecule has 0 aliphatic rings. The van der Waals surface area contributed by atoms with Gasteiger partial charge < -0.3 is 14.5 Å². The molecule has 4 aromatic carbocycles. The molecule has 28 heavy (non-hydrogen) atoms. The quantitative estimate of drug-likeness (QED) is 0.460. The highest BCUT2D eigenvalue weighted by Gasteiger charge is 2.15. The first kappa shape index (κ1) is 16.8. The van der Waals surface area contributed by atoms with Crippen molar-refractivity contribution in [3.63, 3.8) is 0 Å². The molecule has 5 rings (SSSR count). The summed E-state index contributed by atoms with van der Waals surface area (Å²) in [6, 6.07) is 29.7. The zero-order valence-electron chi connectivity index (χ0n) is 15.0. The fourth-order valence-corrected chi connectivity index (χ4v) is 3.67. The van der Waals surface area contributed by atoms with E-state index in [1.807, 2.05) is 66.7 Å². The Morgan fingerprint density at radius 1 is 0.536 bits per heavy atom. The third kappa shape index (κ3) is 2.89. The Kier molecular flexibility index (Phi) is 4.01. The number of para-hydroxylation sites is 1. The summed E-state index contributed by atoms with van der Waals surface area (Å²) in [5, 5.41) is 21.7. The van der Waals surface area contributed by atoms with Crippen molar-refractivity contribution in [2.24, 2.45) is 0 Å². The van der Waals surface area contributed by atoms with Crippen molar-refractivity contribution in [3.05, 3.63) is 91.0 Å². The van der Waals surface area contributed by atoms with Gasteiger partial charge >= 0.3 is 7.12 Å². The first-order valence-corrected chi connectivity index (χ1v) is 9.17. The Labute approximate surface area is 162 Å². The molecule has 0 radical (unpaired) electrons. The molecule has 1 aromatic heterocycles. The van der Waals surface area contributed by atoms with Crippen LogP contribution in [0, 0.1) is 0 Å². The molecule has 0 spiro atoms. The molecule has 3 nitrogen and oxygen atoms in total. The van der Waals surface area contributed by atoms with Gasteiger partial charge in [-0.1, -0.05) is 66.7 Å². The van der Waals surface area contributed by atoms with E-state index >= 15 is 0 Å². The van der Waals surface area contributed by atoms with E-state index in [0.717, 1.165) is 44.2 Å². The molecule has 0 unspecified atom stereocenters. The van der Waals surface area contributed by atoms with Gasteiger partial charge in [0.15, 0.2) is 0 Å². The van der Waals surface area contributed by atoms with E-state index in [9.17, 15) is 10.0 Å². The molecule has 1 heterocycles. The molecule has 0 aliphatic carbocycles. The summed E-state index contributed by atoms with van der Waals surface area (Å²) in [6.07, 6.45) is 0. The average Bonchev–Trinajstić information content (AvgIpc) is 3.12. The Morgan fingerprint density at radius 2 is 1.21 bits per heavy atom. The molecule has 0 aliphatic heterocycles. The van der Waals surface area contributed by atoms with Gasteiger partial charge in [0.25, 0.3) is 0 Å². The van der Waals surface area contributed by atoms with Crippen molar-refractivity contribution in [2.75, 3.05) is 0 Å². The van der Waals surface area contributed by atoms with Crippen LogP contribution in [0.5, 0.6) is 0 Å². The van der Waals surface area contributed by atoms with E-state index in [1.165, 1.54) is 0 Å². The van der Waals surface area contributed by atoms with Gasteiger partial charge in [0.1, 0.15) is 11.2 Å². The molecule has 5 aromatic rings. The average molecular weight is 364 g/mol. The highest BCUT2D eigenvalue weighted by atomic mass is 16.4. The van der Waals surface area contributed by atoms with Crippen molar-refractivity contribution in [1.82, 2.24) is 0 Å². The Hall–Kier alpha value is -3.34. The van der Waals surface area contributed by atoms with Crippen LogP contribution >= 0.6 is 0 Å². The van der Waals surface area contributed by atoms with Gasteiger partial charge in [0.05, 0.1) is 0 Å². The van der Waals surface area contributed by atoms with E-state index < -0.39 is 7.12 Å². The lowest BCUT2D eigenvalue weighted by Gasteiger charge is -2.10. The van der Waals surface area contributed by atoms with Crippen LogP contribution in [0.2, 0.25) is 0 Å². The van der Waals surface area contributed by atoms with Gasteiger partial charge in [-0.2, -0.15) is 0 Å². The Morgan fingerprint density at radius 3 is 2.00 bits per heavy atom. The second-order valence-electron chi connectivity index (χ2n) is 6.89. The number of benzene rings is 4. The zero-order valence-corrected chi connectivity index (χ0v) is 15.0. The number of hydrogen-bond donors (Lipinski definition) is 2. The van der Waals surface area contributed by atoms with Gasteiger partial charge in [-0.3, -0.25) is 0 Å². The second kappa shape index (κ2) is 6.68. The summed E-state index contributed by atoms with van der Waals surface area (Å²) in [5.41, 5.74) is 5.97. The smallest absolute Gasteiger partial charge is 0.456 e. The summed E-state index contributed by atoms with van der Waals surface area (Å²) in [5.74, 6) is 0. The summed E-state index contributed by atoms with van der Waals surface area (Å²) in [7, 11) is -1.53. The molecular weight excluding hydrogens is 347 g/mol. The van der Waals surface area contributed by atoms with E-state index in [0.29, 0.717) is 5.46 Å². The van der Waals surface area contributed by atoms with Gasteiger partial charge in [-0.25, -0.2) is 0 Å². The van der Waals surface area contributed by atoms with Crippen molar-refractivity contribution >= 4 is 34.5 Å². The number of rotatable bonds is 3. The number of hydrogen-bond acceptors (Lipinski definition) is 3. The molecular formula is C24H17BO3. The zero-order chi connectivity index (χ0) is 19.1. The van der Waals surface area contributed by atoms with Gasteiger partial charge in [-0.15, -0.1) is 0 Å². The molecule has 0 fully saturated rings. The highest BCUT2D eigenvalue weighted by Crippen LogP contribution is 2.33. The van der Waals surface area contributed by atoms with E-state index in [2.05, 4.69) is 18.2 Å². The maximum atomic E-state index is 9.77. The monoisotopic (exact) mass is 364 g/mol. The maximum absolute atomic E-state index is 9.77. The first-order valence-electron chi connectivity index (χ1n) is 9.17. The summed E-state index contributed by atoms with van der Waals surface area (Å²) in [6.45, 7) is 0. The van der Waals surface area contributed by atoms with Crippen molar-refractivity contribution in [2.45, 2.75) is 0 Å². The second-order valence-corrected chi connectivity index (χ2v) is 6.89. The highest BCUT2D eigenvalue weighted by molar-refractivity contribution is 6.58. The normalized spacial score (nSPS) is 11.2. The van der Waals surface area contributed by atoms with Crippen LogP contribution in [0.3, 0.4) is 0 Å². The summed E-state index contributed by atoms with van der Waals surface area (Å²) >= 11 is 0. The minimum atomic E-state index is -1.53. The third-order valence-corrected chi connectivity index (χ3v) is 5.07. The predicted octanol–water partition coefficient (Wildman–Crippen LogP) is 4.60. The van der Waals surface area contributed by atoms with Crippen LogP contribution in [0.25, 0.3) is 44.2 Å². The fraction of sp³-hybridized carbons (Fsp3) is 0. The lowest BCUT2D eigenvalue weighted by Crippen LogP contribution is -2.29. The molecule has 0 amide bonds. The van der Waals surface area contributed by atoms with Crippen LogP contribution in [0.4, 0.5) is 0 Å². The predicted molar refractivity (Wildman–Crippen MR) is 114 cm³/mol. The van der Waals surface area contributed by atoms with Crippen molar-refractivity contribution < 1.29 is 14.5 Å². The SMILES string of the molecule is OB(O)c1cc(-c2ccccc2)cc(-c2ccc3c(c2)oc2ccccc23)c1. The number of fused-ring (bicyclic) bond motifs is 3. The molecule has 0 atom stereocenters. The largest absolute Gasteiger partial charge is 0.488 e. The molecule has 0 saturated heterocycles. The Bertz CT molecular complexity index is 1290. The third-order valence-electron chi connectivity index (χ3n) is 5.07.